The van der Waals surface area contributed by atoms with E-state index in [9.17, 15) is 4.79 Å². The second kappa shape index (κ2) is 5.85. The molecule has 3 heterocycles. The second-order valence-corrected chi connectivity index (χ2v) is 6.66. The molecule has 114 valence electrons. The maximum Gasteiger partial charge on any atom is 0.289 e. The van der Waals surface area contributed by atoms with Crippen molar-refractivity contribution >= 4 is 45.0 Å². The number of carbonyl (C=O) groups excluding carboxylic acids is 1. The zero-order valence-corrected chi connectivity index (χ0v) is 14.3. The fraction of sp³-hybridized carbons (Fsp3) is 0.267. The molecule has 0 atom stereocenters. The molecule has 0 spiro atoms. The Hall–Kier alpha value is -1.66. The summed E-state index contributed by atoms with van der Waals surface area (Å²) in [6, 6.07) is 2.00. The molecule has 0 saturated carbocycles. The first-order chi connectivity index (χ1) is 10.5. The van der Waals surface area contributed by atoms with Gasteiger partial charge in [0.1, 0.15) is 5.35 Å². The number of H-pyrrole nitrogens is 1. The van der Waals surface area contributed by atoms with Crippen LogP contribution in [0.2, 0.25) is 0 Å². The van der Waals surface area contributed by atoms with Crippen LogP contribution in [0.4, 0.5) is 0 Å². The molecule has 1 aliphatic heterocycles. The third-order valence-electron chi connectivity index (χ3n) is 3.60. The zero-order chi connectivity index (χ0) is 15.9. The van der Waals surface area contributed by atoms with Crippen molar-refractivity contribution in [2.24, 2.45) is 0 Å². The van der Waals surface area contributed by atoms with Gasteiger partial charge in [-0.05, 0) is 34.5 Å². The summed E-state index contributed by atoms with van der Waals surface area (Å²) in [5.74, 6) is 0.117. The minimum atomic E-state index is -0.153. The van der Waals surface area contributed by atoms with E-state index in [4.69, 9.17) is 11.6 Å². The van der Waals surface area contributed by atoms with Crippen LogP contribution in [-0.4, -0.2) is 32.3 Å². The lowest BCUT2D eigenvalue weighted by Gasteiger charge is -2.27. The molecule has 7 heteroatoms. The SMILES string of the molecule is C=c1[nH]c(C(=O)N2CCc3ncc(Br)cc3C2)n/c1=C(/C)Cl. The van der Waals surface area contributed by atoms with Gasteiger partial charge in [-0.15, -0.1) is 0 Å². The molecule has 2 aromatic rings. The monoisotopic (exact) mass is 380 g/mol. The van der Waals surface area contributed by atoms with Gasteiger partial charge in [0.2, 0.25) is 0 Å². The molecule has 0 aliphatic carbocycles. The molecule has 0 aromatic carbocycles. The Balaban J connectivity index is 1.90. The fourth-order valence-corrected chi connectivity index (χ4v) is 3.05. The van der Waals surface area contributed by atoms with E-state index in [0.29, 0.717) is 28.8 Å². The number of carbonyl (C=O) groups is 1. The minimum absolute atomic E-state index is 0.153. The standard InChI is InChI=1S/C15H14BrClN4O/c1-8(17)13-9(2)19-14(20-13)15(22)21-4-3-12-10(7-21)5-11(16)6-18-12/h5-6H,2-4,7H2,1H3,(H,19,20)/b13-8-. The lowest BCUT2D eigenvalue weighted by atomic mass is 10.1. The number of nitrogens with zero attached hydrogens (tertiary/aromatic N) is 3. The number of aromatic amines is 1. The fourth-order valence-electron chi connectivity index (χ4n) is 2.52. The van der Waals surface area contributed by atoms with Gasteiger partial charge >= 0.3 is 0 Å². The topological polar surface area (TPSA) is 61.9 Å². The molecule has 1 N–H and O–H groups in total. The van der Waals surface area contributed by atoms with Crippen LogP contribution in [0.25, 0.3) is 11.6 Å². The summed E-state index contributed by atoms with van der Waals surface area (Å²) in [7, 11) is 0. The summed E-state index contributed by atoms with van der Waals surface area (Å²) in [6.07, 6.45) is 2.52. The van der Waals surface area contributed by atoms with Gasteiger partial charge in [-0.3, -0.25) is 9.78 Å². The van der Waals surface area contributed by atoms with E-state index in [1.807, 2.05) is 6.07 Å². The number of rotatable bonds is 1. The number of pyridine rings is 1. The largest absolute Gasteiger partial charge is 0.334 e. The normalized spacial score (nSPS) is 15.5. The van der Waals surface area contributed by atoms with Crippen molar-refractivity contribution in [3.05, 3.63) is 44.5 Å². The molecule has 0 radical (unpaired) electrons. The Morgan fingerprint density at radius 1 is 1.55 bits per heavy atom. The molecule has 0 unspecified atom stereocenters. The molecule has 1 amide bonds. The smallest absolute Gasteiger partial charge is 0.289 e. The molecule has 3 rings (SSSR count). The molecule has 0 saturated heterocycles. The predicted octanol–water partition coefficient (Wildman–Crippen LogP) is 1.54. The van der Waals surface area contributed by atoms with E-state index in [1.165, 1.54) is 0 Å². The van der Waals surface area contributed by atoms with Crippen molar-refractivity contribution in [2.45, 2.75) is 19.9 Å². The first kappa shape index (κ1) is 15.2. The molecule has 0 fully saturated rings. The summed E-state index contributed by atoms with van der Waals surface area (Å²) in [4.78, 5) is 25.9. The number of halogens is 2. The summed E-state index contributed by atoms with van der Waals surface area (Å²) in [5, 5.41) is 1.60. The first-order valence-corrected chi connectivity index (χ1v) is 7.96. The lowest BCUT2D eigenvalue weighted by Crippen LogP contribution is -2.37. The van der Waals surface area contributed by atoms with Gasteiger partial charge in [0.05, 0.1) is 5.35 Å². The third-order valence-corrected chi connectivity index (χ3v) is 4.21. The van der Waals surface area contributed by atoms with Crippen LogP contribution >= 0.6 is 27.5 Å². The molecular formula is C15H14BrClN4O. The number of amides is 1. The van der Waals surface area contributed by atoms with E-state index in [2.05, 4.69) is 37.5 Å². The van der Waals surface area contributed by atoms with Crippen LogP contribution in [0.1, 0.15) is 28.8 Å². The molecule has 0 bridgehead atoms. The van der Waals surface area contributed by atoms with Crippen molar-refractivity contribution in [3.63, 3.8) is 0 Å². The number of nitrogens with one attached hydrogen (secondary N) is 1. The number of hydrogen-bond acceptors (Lipinski definition) is 3. The highest BCUT2D eigenvalue weighted by Gasteiger charge is 2.24. The van der Waals surface area contributed by atoms with Gasteiger partial charge in [-0.1, -0.05) is 18.2 Å². The van der Waals surface area contributed by atoms with E-state index >= 15 is 0 Å². The molecule has 1 aliphatic rings. The Morgan fingerprint density at radius 2 is 2.32 bits per heavy atom. The number of hydrogen-bond donors (Lipinski definition) is 1. The highest BCUT2D eigenvalue weighted by atomic mass is 79.9. The average Bonchev–Trinajstić information content (AvgIpc) is 2.88. The van der Waals surface area contributed by atoms with Crippen LogP contribution in [-0.2, 0) is 13.0 Å². The molecule has 22 heavy (non-hydrogen) atoms. The number of imidazole rings is 1. The van der Waals surface area contributed by atoms with E-state index in [1.54, 1.807) is 18.0 Å². The quantitative estimate of drug-likeness (QED) is 0.815. The van der Waals surface area contributed by atoms with E-state index in [0.717, 1.165) is 22.2 Å². The number of aromatic nitrogens is 3. The number of fused-ring (bicyclic) bond motifs is 1. The van der Waals surface area contributed by atoms with Crippen LogP contribution in [0.3, 0.4) is 0 Å². The summed E-state index contributed by atoms with van der Waals surface area (Å²) in [6.45, 7) is 6.69. The highest BCUT2D eigenvalue weighted by molar-refractivity contribution is 9.10. The van der Waals surface area contributed by atoms with Gasteiger partial charge < -0.3 is 9.88 Å². The summed E-state index contributed by atoms with van der Waals surface area (Å²) in [5.41, 5.74) is 2.09. The summed E-state index contributed by atoms with van der Waals surface area (Å²) < 4.78 is 0.910. The Labute approximate surface area is 140 Å². The lowest BCUT2D eigenvalue weighted by molar-refractivity contribution is 0.0722. The van der Waals surface area contributed by atoms with Crippen molar-refractivity contribution in [3.8, 4) is 0 Å². The third kappa shape index (κ3) is 2.80. The Morgan fingerprint density at radius 3 is 3.00 bits per heavy atom. The van der Waals surface area contributed by atoms with Crippen molar-refractivity contribution in [1.29, 1.82) is 0 Å². The highest BCUT2D eigenvalue weighted by Crippen LogP contribution is 2.21. The Bertz CT molecular complexity index is 857. The maximum atomic E-state index is 12.6. The Kier molecular flexibility index (Phi) is 4.06. The summed E-state index contributed by atoms with van der Waals surface area (Å²) >= 11 is 9.36. The van der Waals surface area contributed by atoms with Gasteiger partial charge in [0.15, 0.2) is 5.82 Å². The van der Waals surface area contributed by atoms with Gasteiger partial charge in [-0.25, -0.2) is 4.98 Å². The molecule has 2 aromatic heterocycles. The minimum Gasteiger partial charge on any atom is -0.334 e. The first-order valence-electron chi connectivity index (χ1n) is 6.79. The van der Waals surface area contributed by atoms with E-state index < -0.39 is 0 Å². The van der Waals surface area contributed by atoms with Crippen LogP contribution in [0.15, 0.2) is 16.7 Å². The van der Waals surface area contributed by atoms with Crippen molar-refractivity contribution < 1.29 is 4.79 Å². The van der Waals surface area contributed by atoms with Crippen LogP contribution < -0.4 is 10.7 Å². The molecular weight excluding hydrogens is 368 g/mol. The zero-order valence-electron chi connectivity index (χ0n) is 12.0. The van der Waals surface area contributed by atoms with Crippen molar-refractivity contribution in [2.75, 3.05) is 6.54 Å². The van der Waals surface area contributed by atoms with Crippen LogP contribution in [0, 0.1) is 0 Å². The van der Waals surface area contributed by atoms with Gasteiger partial charge in [-0.2, -0.15) is 0 Å². The van der Waals surface area contributed by atoms with Crippen LogP contribution in [0.5, 0.6) is 0 Å². The van der Waals surface area contributed by atoms with E-state index in [-0.39, 0.29) is 11.7 Å². The predicted molar refractivity (Wildman–Crippen MR) is 88.7 cm³/mol. The van der Waals surface area contributed by atoms with Gasteiger partial charge in [0, 0.05) is 40.9 Å². The van der Waals surface area contributed by atoms with Crippen molar-refractivity contribution in [1.82, 2.24) is 19.9 Å². The maximum absolute atomic E-state index is 12.6. The average molecular weight is 382 g/mol. The molecule has 5 nitrogen and oxygen atoms in total. The van der Waals surface area contributed by atoms with Gasteiger partial charge in [0.25, 0.3) is 5.91 Å². The second-order valence-electron chi connectivity index (χ2n) is 5.18.